The van der Waals surface area contributed by atoms with E-state index in [-0.39, 0.29) is 30.8 Å². The normalized spacial score (nSPS) is 11.9. The molecule has 11 heteroatoms. The van der Waals surface area contributed by atoms with E-state index < -0.39 is 5.82 Å². The molecule has 0 saturated carbocycles. The quantitative estimate of drug-likeness (QED) is 0.192. The molecule has 0 radical (unpaired) electrons. The molecule has 4 N–H and O–H groups in total. The predicted molar refractivity (Wildman–Crippen MR) is 144 cm³/mol. The summed E-state index contributed by atoms with van der Waals surface area (Å²) >= 11 is 0. The second-order valence-corrected chi connectivity index (χ2v) is 7.87. The van der Waals surface area contributed by atoms with Gasteiger partial charge in [0.15, 0.2) is 11.6 Å². The number of aliphatic hydroxyl groups excluding tert-OH is 1. The van der Waals surface area contributed by atoms with Gasteiger partial charge in [-0.1, -0.05) is 18.1 Å². The molecule has 3 aromatic heterocycles. The molecule has 0 saturated heterocycles. The van der Waals surface area contributed by atoms with E-state index in [2.05, 4.69) is 42.6 Å². The Hall–Kier alpha value is -5.08. The van der Waals surface area contributed by atoms with Crippen molar-refractivity contribution in [2.45, 2.75) is 13.8 Å². The van der Waals surface area contributed by atoms with E-state index in [0.29, 0.717) is 50.6 Å². The number of H-pyrrole nitrogens is 1. The molecule has 0 aliphatic carbocycles. The van der Waals surface area contributed by atoms with Crippen molar-refractivity contribution >= 4 is 29.6 Å². The highest BCUT2D eigenvalue weighted by Crippen LogP contribution is 2.43. The first-order valence-corrected chi connectivity index (χ1v) is 11.4. The number of terminal acetylenes is 1. The van der Waals surface area contributed by atoms with E-state index in [1.807, 2.05) is 0 Å². The monoisotopic (exact) mass is 513 g/mol. The number of rotatable bonds is 7. The lowest BCUT2D eigenvalue weighted by molar-refractivity contribution is 0.201. The molecule has 1 aromatic carbocycles. The molecule has 0 bridgehead atoms. The predicted octanol–water partition coefficient (Wildman–Crippen LogP) is 4.12. The molecule has 4 aromatic rings. The van der Waals surface area contributed by atoms with E-state index in [1.54, 1.807) is 32.1 Å². The zero-order valence-corrected chi connectivity index (χ0v) is 20.7. The van der Waals surface area contributed by atoms with Gasteiger partial charge in [0.1, 0.15) is 35.8 Å². The minimum atomic E-state index is -0.676. The van der Waals surface area contributed by atoms with Gasteiger partial charge >= 0.3 is 6.02 Å². The highest BCUT2D eigenvalue weighted by atomic mass is 19.1. The van der Waals surface area contributed by atoms with Gasteiger partial charge in [0, 0.05) is 23.5 Å². The number of nitrogens with two attached hydrogens (primary N) is 1. The Kier molecular flexibility index (Phi) is 7.74. The average molecular weight is 514 g/mol. The number of aromatic nitrogens is 4. The molecule has 0 atom stereocenters. The fraction of sp³-hybridized carbons (Fsp3) is 0.148. The SMILES string of the molecule is C#Cc1cc(OCCO)c(-c2[nH]c3ncnc(N)c3c2-c2ccc(O/C(N=C)=N/C(C)=C\C)c(F)c2)cn1. The Morgan fingerprint density at radius 1 is 1.29 bits per heavy atom. The van der Waals surface area contributed by atoms with Crippen LogP contribution >= 0.6 is 0 Å². The number of aliphatic imine (C=N–C) groups is 2. The number of allylic oxidation sites excluding steroid dienone is 2. The van der Waals surface area contributed by atoms with Crippen LogP contribution in [0.1, 0.15) is 19.5 Å². The molecule has 0 fully saturated rings. The van der Waals surface area contributed by atoms with Crippen molar-refractivity contribution in [3.8, 4) is 46.2 Å². The standard InChI is InChI=1S/C27H24FN7O3/c1-5-15(3)34-27(30-4)38-20-8-7-16(11-19(20)28)22-23-25(29)32-14-33-26(23)35-24(22)18-13-31-17(6-2)12-21(18)37-10-9-36/h2,5,7-8,11-14,36H,4,9-10H2,1,3H3,(H3,29,32,33,35)/b15-5-,34-27+. The number of halogens is 1. The van der Waals surface area contributed by atoms with Crippen LogP contribution in [0.5, 0.6) is 11.5 Å². The van der Waals surface area contributed by atoms with Gasteiger partial charge in [-0.2, -0.15) is 0 Å². The fourth-order valence-corrected chi connectivity index (χ4v) is 3.66. The Bertz CT molecular complexity index is 1620. The summed E-state index contributed by atoms with van der Waals surface area (Å²) in [5.74, 6) is 2.23. The van der Waals surface area contributed by atoms with Crippen LogP contribution in [0.2, 0.25) is 0 Å². The maximum Gasteiger partial charge on any atom is 0.321 e. The summed E-state index contributed by atoms with van der Waals surface area (Å²) in [6.45, 7) is 6.80. The minimum absolute atomic E-state index is 0.0209. The number of fused-ring (bicyclic) bond motifs is 1. The van der Waals surface area contributed by atoms with Crippen LogP contribution < -0.4 is 15.2 Å². The lowest BCUT2D eigenvalue weighted by Gasteiger charge is -2.13. The summed E-state index contributed by atoms with van der Waals surface area (Å²) in [5, 5.41) is 9.77. The van der Waals surface area contributed by atoms with E-state index >= 15 is 4.39 Å². The van der Waals surface area contributed by atoms with Crippen molar-refractivity contribution in [3.63, 3.8) is 0 Å². The van der Waals surface area contributed by atoms with Crippen molar-refractivity contribution < 1.29 is 19.0 Å². The zero-order valence-electron chi connectivity index (χ0n) is 20.7. The molecule has 3 heterocycles. The largest absolute Gasteiger partial charge is 0.490 e. The number of aromatic amines is 1. The number of hydrogen-bond acceptors (Lipinski definition) is 8. The topological polar surface area (TPSA) is 144 Å². The van der Waals surface area contributed by atoms with Gasteiger partial charge in [-0.25, -0.2) is 29.3 Å². The highest BCUT2D eigenvalue weighted by Gasteiger charge is 2.23. The van der Waals surface area contributed by atoms with Gasteiger partial charge in [0.25, 0.3) is 0 Å². The van der Waals surface area contributed by atoms with E-state index in [4.69, 9.17) is 21.6 Å². The van der Waals surface area contributed by atoms with E-state index in [1.165, 1.54) is 24.7 Å². The van der Waals surface area contributed by atoms with Crippen LogP contribution in [0.15, 0.2) is 58.5 Å². The third-order valence-corrected chi connectivity index (χ3v) is 5.50. The Morgan fingerprint density at radius 3 is 2.79 bits per heavy atom. The van der Waals surface area contributed by atoms with E-state index in [0.717, 1.165) is 0 Å². The molecule has 0 aliphatic rings. The number of pyridine rings is 1. The summed E-state index contributed by atoms with van der Waals surface area (Å²) in [6, 6.07) is 5.86. The molecule has 0 aliphatic heterocycles. The number of benzene rings is 1. The Balaban J connectivity index is 1.89. The van der Waals surface area contributed by atoms with Crippen LogP contribution in [0, 0.1) is 18.2 Å². The number of nitrogens with one attached hydrogen (secondary N) is 1. The molecular formula is C27H24FN7O3. The third kappa shape index (κ3) is 5.21. The summed E-state index contributed by atoms with van der Waals surface area (Å²) < 4.78 is 26.6. The molecule has 192 valence electrons. The lowest BCUT2D eigenvalue weighted by atomic mass is 9.98. The number of nitrogens with zero attached hydrogens (tertiary/aromatic N) is 5. The van der Waals surface area contributed by atoms with Crippen LogP contribution in [0.25, 0.3) is 33.4 Å². The van der Waals surface area contributed by atoms with Gasteiger partial charge in [-0.15, -0.1) is 6.42 Å². The van der Waals surface area contributed by atoms with Crippen molar-refractivity contribution in [2.24, 2.45) is 9.98 Å². The summed E-state index contributed by atoms with van der Waals surface area (Å²) in [6.07, 6.45) is 10.1. The smallest absolute Gasteiger partial charge is 0.321 e. The molecule has 4 rings (SSSR count). The third-order valence-electron chi connectivity index (χ3n) is 5.50. The van der Waals surface area contributed by atoms with Crippen molar-refractivity contribution in [2.75, 3.05) is 18.9 Å². The highest BCUT2D eigenvalue weighted by molar-refractivity contribution is 6.07. The number of hydrogen-bond donors (Lipinski definition) is 3. The first-order chi connectivity index (χ1) is 18.4. The minimum Gasteiger partial charge on any atom is -0.490 e. The van der Waals surface area contributed by atoms with Crippen LogP contribution in [-0.4, -0.2) is 51.0 Å². The number of nitrogen functional groups attached to an aromatic ring is 1. The van der Waals surface area contributed by atoms with Gasteiger partial charge in [-0.3, -0.25) is 0 Å². The van der Waals surface area contributed by atoms with Crippen LogP contribution in [0.4, 0.5) is 10.2 Å². The second-order valence-electron chi connectivity index (χ2n) is 7.87. The van der Waals surface area contributed by atoms with Gasteiger partial charge in [0.05, 0.1) is 23.3 Å². The summed E-state index contributed by atoms with van der Waals surface area (Å²) in [5.41, 5.74) is 9.56. The Morgan fingerprint density at radius 2 is 2.11 bits per heavy atom. The summed E-state index contributed by atoms with van der Waals surface area (Å²) in [7, 11) is 0. The maximum absolute atomic E-state index is 15.3. The average Bonchev–Trinajstić information content (AvgIpc) is 3.32. The molecular weight excluding hydrogens is 489 g/mol. The molecule has 38 heavy (non-hydrogen) atoms. The van der Waals surface area contributed by atoms with Gasteiger partial charge in [0.2, 0.25) is 0 Å². The Labute approximate surface area is 217 Å². The van der Waals surface area contributed by atoms with Crippen LogP contribution in [-0.2, 0) is 0 Å². The maximum atomic E-state index is 15.3. The second kappa shape index (κ2) is 11.3. The first-order valence-electron chi connectivity index (χ1n) is 11.4. The molecule has 0 spiro atoms. The number of ether oxygens (including phenoxy) is 2. The fourth-order valence-electron chi connectivity index (χ4n) is 3.66. The zero-order chi connectivity index (χ0) is 27.2. The number of anilines is 1. The lowest BCUT2D eigenvalue weighted by Crippen LogP contribution is -2.06. The molecule has 0 unspecified atom stereocenters. The number of aliphatic hydroxyl groups is 1. The van der Waals surface area contributed by atoms with Crippen molar-refractivity contribution in [1.82, 2.24) is 19.9 Å². The molecule has 0 amide bonds. The van der Waals surface area contributed by atoms with Crippen molar-refractivity contribution in [1.29, 1.82) is 0 Å². The molecule has 10 nitrogen and oxygen atoms in total. The van der Waals surface area contributed by atoms with Crippen LogP contribution in [0.3, 0.4) is 0 Å². The first kappa shape index (κ1) is 26.0. The number of amidine groups is 1. The van der Waals surface area contributed by atoms with Gasteiger partial charge < -0.3 is 25.3 Å². The van der Waals surface area contributed by atoms with Gasteiger partial charge in [-0.05, 0) is 38.3 Å². The summed E-state index contributed by atoms with van der Waals surface area (Å²) in [4.78, 5) is 23.7. The van der Waals surface area contributed by atoms with Crippen molar-refractivity contribution in [3.05, 3.63) is 60.1 Å². The van der Waals surface area contributed by atoms with E-state index in [9.17, 15) is 5.11 Å².